The lowest BCUT2D eigenvalue weighted by atomic mass is 10.1. The topological polar surface area (TPSA) is 63.2 Å². The number of ether oxygens (including phenoxy) is 5. The van der Waals surface area contributed by atoms with Gasteiger partial charge in [-0.2, -0.15) is 0 Å². The highest BCUT2D eigenvalue weighted by atomic mass is 16.7. The maximum atomic E-state index is 11.6. The van der Waals surface area contributed by atoms with Crippen molar-refractivity contribution in [2.24, 2.45) is 0 Å². The van der Waals surface area contributed by atoms with Crippen LogP contribution in [0.1, 0.15) is 15.9 Å². The lowest BCUT2D eigenvalue weighted by Gasteiger charge is -2.11. The first-order valence-corrected chi connectivity index (χ1v) is 5.33. The van der Waals surface area contributed by atoms with Crippen molar-refractivity contribution in [2.75, 3.05) is 27.8 Å². The molecule has 0 spiro atoms. The second kappa shape index (κ2) is 5.70. The average Bonchev–Trinajstić information content (AvgIpc) is 2.75. The van der Waals surface area contributed by atoms with Crippen LogP contribution in [0.15, 0.2) is 12.1 Å². The third-order valence-electron chi connectivity index (χ3n) is 2.40. The van der Waals surface area contributed by atoms with Crippen LogP contribution in [0.3, 0.4) is 0 Å². The largest absolute Gasteiger partial charge is 0.467 e. The molecule has 0 N–H and O–H groups in total. The number of cyclic esters (lactones) is 1. The third kappa shape index (κ3) is 2.55. The van der Waals surface area contributed by atoms with Crippen LogP contribution in [-0.2, 0) is 20.8 Å². The fraction of sp³-hybridized carbons (Fsp3) is 0.417. The van der Waals surface area contributed by atoms with Gasteiger partial charge in [0.05, 0.1) is 0 Å². The van der Waals surface area contributed by atoms with Gasteiger partial charge in [-0.1, -0.05) is 0 Å². The van der Waals surface area contributed by atoms with E-state index in [9.17, 15) is 4.79 Å². The van der Waals surface area contributed by atoms with E-state index >= 15 is 0 Å². The molecule has 6 nitrogen and oxygen atoms in total. The van der Waals surface area contributed by atoms with Gasteiger partial charge in [-0.05, 0) is 6.07 Å². The van der Waals surface area contributed by atoms with E-state index in [2.05, 4.69) is 0 Å². The molecule has 6 heteroatoms. The molecule has 18 heavy (non-hydrogen) atoms. The normalized spacial score (nSPS) is 13.1. The summed E-state index contributed by atoms with van der Waals surface area (Å²) in [5.41, 5.74) is 1.16. The number of esters is 1. The van der Waals surface area contributed by atoms with Crippen LogP contribution in [0.4, 0.5) is 0 Å². The first kappa shape index (κ1) is 12.7. The Morgan fingerprint density at radius 3 is 2.61 bits per heavy atom. The maximum absolute atomic E-state index is 11.6. The summed E-state index contributed by atoms with van der Waals surface area (Å²) >= 11 is 0. The minimum absolute atomic E-state index is 0.0491. The molecule has 1 aromatic carbocycles. The van der Waals surface area contributed by atoms with Crippen LogP contribution in [0.25, 0.3) is 0 Å². The van der Waals surface area contributed by atoms with Crippen molar-refractivity contribution >= 4 is 5.97 Å². The van der Waals surface area contributed by atoms with Gasteiger partial charge in [0.15, 0.2) is 13.6 Å². The number of fused-ring (bicyclic) bond motifs is 1. The fourth-order valence-electron chi connectivity index (χ4n) is 1.65. The number of benzene rings is 1. The van der Waals surface area contributed by atoms with Crippen LogP contribution in [0, 0.1) is 0 Å². The highest BCUT2D eigenvalue weighted by molar-refractivity contribution is 5.96. The molecule has 1 aliphatic heterocycles. The molecule has 0 saturated heterocycles. The third-order valence-corrected chi connectivity index (χ3v) is 2.40. The molecule has 0 fully saturated rings. The van der Waals surface area contributed by atoms with Crippen LogP contribution in [0.5, 0.6) is 11.5 Å². The van der Waals surface area contributed by atoms with E-state index in [4.69, 9.17) is 23.7 Å². The van der Waals surface area contributed by atoms with Crippen LogP contribution in [0.2, 0.25) is 0 Å². The Labute approximate surface area is 104 Å². The zero-order chi connectivity index (χ0) is 13.0. The molecule has 0 aliphatic carbocycles. The van der Waals surface area contributed by atoms with Crippen LogP contribution < -0.4 is 9.47 Å². The highest BCUT2D eigenvalue weighted by Gasteiger charge is 2.27. The zero-order valence-electron chi connectivity index (χ0n) is 10.2. The van der Waals surface area contributed by atoms with E-state index in [1.54, 1.807) is 12.1 Å². The first-order valence-electron chi connectivity index (χ1n) is 5.33. The monoisotopic (exact) mass is 254 g/mol. The van der Waals surface area contributed by atoms with Gasteiger partial charge < -0.3 is 23.7 Å². The van der Waals surface area contributed by atoms with Gasteiger partial charge >= 0.3 is 5.97 Å². The molecule has 2 rings (SSSR count). The molecule has 0 aromatic heterocycles. The van der Waals surface area contributed by atoms with Gasteiger partial charge in [-0.15, -0.1) is 0 Å². The Balaban J connectivity index is 2.29. The quantitative estimate of drug-likeness (QED) is 0.563. The van der Waals surface area contributed by atoms with Crippen LogP contribution in [-0.4, -0.2) is 33.8 Å². The van der Waals surface area contributed by atoms with E-state index in [1.165, 1.54) is 14.2 Å². The van der Waals surface area contributed by atoms with Crippen molar-refractivity contribution in [2.45, 2.75) is 6.61 Å². The number of carbonyl (C=O) groups excluding carboxylic acids is 1. The number of methoxy groups -OCH3 is 2. The molecule has 98 valence electrons. The summed E-state index contributed by atoms with van der Waals surface area (Å²) in [6, 6.07) is 3.35. The van der Waals surface area contributed by atoms with E-state index in [-0.39, 0.29) is 20.2 Å². The highest BCUT2D eigenvalue weighted by Crippen LogP contribution is 2.34. The van der Waals surface area contributed by atoms with Gasteiger partial charge in [0.1, 0.15) is 23.7 Å². The summed E-state index contributed by atoms with van der Waals surface area (Å²) in [7, 11) is 3.03. The van der Waals surface area contributed by atoms with E-state index < -0.39 is 5.97 Å². The van der Waals surface area contributed by atoms with Crippen molar-refractivity contribution in [1.29, 1.82) is 0 Å². The van der Waals surface area contributed by atoms with Gasteiger partial charge in [0.2, 0.25) is 0 Å². The fourth-order valence-corrected chi connectivity index (χ4v) is 1.65. The Bertz CT molecular complexity index is 442. The standard InChI is InChI=1S/C12H14O6/c1-14-6-17-9-3-8-5-16-12(13)11(8)10(4-9)18-7-15-2/h3-4H,5-7H2,1-2H3. The Morgan fingerprint density at radius 1 is 1.17 bits per heavy atom. The minimum atomic E-state index is -0.394. The lowest BCUT2D eigenvalue weighted by molar-refractivity contribution is 0.0441. The van der Waals surface area contributed by atoms with Crippen molar-refractivity contribution in [1.82, 2.24) is 0 Å². The molecule has 1 heterocycles. The molecule has 1 aliphatic rings. The molecule has 0 radical (unpaired) electrons. The van der Waals surface area contributed by atoms with Crippen molar-refractivity contribution in [3.05, 3.63) is 23.3 Å². The van der Waals surface area contributed by atoms with Gasteiger partial charge in [-0.3, -0.25) is 0 Å². The zero-order valence-corrected chi connectivity index (χ0v) is 10.2. The summed E-state index contributed by atoms with van der Waals surface area (Å²) in [5.74, 6) is 0.553. The summed E-state index contributed by atoms with van der Waals surface area (Å²) in [6.07, 6.45) is 0. The van der Waals surface area contributed by atoms with Gasteiger partial charge in [-0.25, -0.2) is 4.79 Å². The van der Waals surface area contributed by atoms with Gasteiger partial charge in [0.25, 0.3) is 0 Å². The summed E-state index contributed by atoms with van der Waals surface area (Å²) in [6.45, 7) is 0.395. The molecular weight excluding hydrogens is 240 g/mol. The first-order chi connectivity index (χ1) is 8.76. The Morgan fingerprint density at radius 2 is 1.89 bits per heavy atom. The number of carbonyl (C=O) groups is 1. The number of hydrogen-bond donors (Lipinski definition) is 0. The second-order valence-corrected chi connectivity index (χ2v) is 3.63. The van der Waals surface area contributed by atoms with Crippen LogP contribution >= 0.6 is 0 Å². The van der Waals surface area contributed by atoms with E-state index in [0.29, 0.717) is 17.1 Å². The summed E-state index contributed by atoms with van der Waals surface area (Å²) in [5, 5.41) is 0. The molecule has 0 amide bonds. The smallest absolute Gasteiger partial charge is 0.342 e. The molecule has 1 aromatic rings. The average molecular weight is 254 g/mol. The van der Waals surface area contributed by atoms with Crippen molar-refractivity contribution in [3.63, 3.8) is 0 Å². The molecule has 0 bridgehead atoms. The predicted molar refractivity (Wildman–Crippen MR) is 60.6 cm³/mol. The minimum Gasteiger partial charge on any atom is -0.467 e. The molecular formula is C12H14O6. The SMILES string of the molecule is COCOc1cc2c(c(OCOC)c1)C(=O)OC2. The van der Waals surface area contributed by atoms with Crippen molar-refractivity contribution < 1.29 is 28.5 Å². The second-order valence-electron chi connectivity index (χ2n) is 3.63. The molecule has 0 atom stereocenters. The Hall–Kier alpha value is -1.79. The maximum Gasteiger partial charge on any atom is 0.342 e. The number of rotatable bonds is 6. The lowest BCUT2D eigenvalue weighted by Crippen LogP contribution is -2.06. The molecule has 0 unspecified atom stereocenters. The number of hydrogen-bond acceptors (Lipinski definition) is 6. The molecule has 0 saturated carbocycles. The van der Waals surface area contributed by atoms with E-state index in [1.807, 2.05) is 0 Å². The van der Waals surface area contributed by atoms with Gasteiger partial charge in [0, 0.05) is 25.8 Å². The summed E-state index contributed by atoms with van der Waals surface area (Å²) < 4.78 is 25.3. The Kier molecular flexibility index (Phi) is 4.01. The van der Waals surface area contributed by atoms with Crippen molar-refractivity contribution in [3.8, 4) is 11.5 Å². The predicted octanol–water partition coefficient (Wildman–Crippen LogP) is 1.32. The summed E-state index contributed by atoms with van der Waals surface area (Å²) in [4.78, 5) is 11.6. The van der Waals surface area contributed by atoms with E-state index in [0.717, 1.165) is 5.56 Å².